The predicted molar refractivity (Wildman–Crippen MR) is 95.3 cm³/mol. The van der Waals surface area contributed by atoms with Gasteiger partial charge in [-0.05, 0) is 45.3 Å². The highest BCUT2D eigenvalue weighted by atomic mass is 35.5. The molecule has 0 spiro atoms. The number of piperidine rings is 1. The molecule has 7 heteroatoms. The van der Waals surface area contributed by atoms with Gasteiger partial charge in [0.25, 0.3) is 5.91 Å². The van der Waals surface area contributed by atoms with Gasteiger partial charge in [-0.25, -0.2) is 4.68 Å². The van der Waals surface area contributed by atoms with Gasteiger partial charge in [-0.3, -0.25) is 4.79 Å². The Bertz CT molecular complexity index is 665. The lowest BCUT2D eigenvalue weighted by Crippen LogP contribution is -2.41. The van der Waals surface area contributed by atoms with E-state index < -0.39 is 5.54 Å². The summed E-state index contributed by atoms with van der Waals surface area (Å²) in [7, 11) is 0. The first kappa shape index (κ1) is 18.4. The van der Waals surface area contributed by atoms with Crippen LogP contribution in [0, 0.1) is 0 Å². The van der Waals surface area contributed by atoms with Crippen molar-refractivity contribution in [3.8, 4) is 0 Å². The molecule has 0 bridgehead atoms. The Labute approximate surface area is 148 Å². The molecule has 0 unspecified atom stereocenters. The average molecular weight is 350 g/mol. The molecule has 6 nitrogen and oxygen atoms in total. The summed E-state index contributed by atoms with van der Waals surface area (Å²) in [6, 6.07) is 10.2. The monoisotopic (exact) mass is 349 g/mol. The summed E-state index contributed by atoms with van der Waals surface area (Å²) in [6.07, 6.45) is 3.78. The molecule has 0 radical (unpaired) electrons. The van der Waals surface area contributed by atoms with Gasteiger partial charge in [-0.1, -0.05) is 35.5 Å². The molecule has 1 amide bonds. The topological polar surface area (TPSA) is 71.8 Å². The summed E-state index contributed by atoms with van der Waals surface area (Å²) in [5.41, 5.74) is 0.961. The van der Waals surface area contributed by atoms with Crippen molar-refractivity contribution >= 4 is 18.3 Å². The van der Waals surface area contributed by atoms with E-state index in [1.54, 1.807) is 6.20 Å². The van der Waals surface area contributed by atoms with Crippen LogP contribution in [0.4, 0.5) is 0 Å². The van der Waals surface area contributed by atoms with Crippen LogP contribution in [0.25, 0.3) is 0 Å². The maximum Gasteiger partial charge on any atom is 0.274 e. The van der Waals surface area contributed by atoms with Gasteiger partial charge in [0.15, 0.2) is 5.69 Å². The lowest BCUT2D eigenvalue weighted by atomic mass is 9.94. The lowest BCUT2D eigenvalue weighted by molar-refractivity contribution is 0.0906. The third kappa shape index (κ3) is 4.13. The summed E-state index contributed by atoms with van der Waals surface area (Å²) in [5.74, 6) is -0.195. The van der Waals surface area contributed by atoms with Crippen molar-refractivity contribution in [2.24, 2.45) is 0 Å². The number of hydrogen-bond donors (Lipinski definition) is 2. The number of hydrogen-bond acceptors (Lipinski definition) is 4. The minimum Gasteiger partial charge on any atom is -0.342 e. The van der Waals surface area contributed by atoms with E-state index in [0.29, 0.717) is 11.7 Å². The number of amides is 1. The third-order valence-electron chi connectivity index (χ3n) is 4.35. The van der Waals surface area contributed by atoms with Gasteiger partial charge in [0, 0.05) is 0 Å². The summed E-state index contributed by atoms with van der Waals surface area (Å²) >= 11 is 0. The van der Waals surface area contributed by atoms with Crippen LogP contribution in [-0.2, 0) is 5.54 Å². The van der Waals surface area contributed by atoms with Crippen LogP contribution in [0.15, 0.2) is 36.5 Å². The van der Waals surface area contributed by atoms with Gasteiger partial charge in [0.05, 0.1) is 17.8 Å². The van der Waals surface area contributed by atoms with Gasteiger partial charge in [-0.2, -0.15) is 0 Å². The van der Waals surface area contributed by atoms with Gasteiger partial charge in [-0.15, -0.1) is 17.5 Å². The highest BCUT2D eigenvalue weighted by Crippen LogP contribution is 2.21. The summed E-state index contributed by atoms with van der Waals surface area (Å²) in [4.78, 5) is 12.5. The van der Waals surface area contributed by atoms with Crippen LogP contribution in [0.3, 0.4) is 0 Å². The normalized spacial score (nSPS) is 15.6. The molecule has 24 heavy (non-hydrogen) atoms. The zero-order valence-corrected chi connectivity index (χ0v) is 14.8. The Hall–Kier alpha value is -1.92. The van der Waals surface area contributed by atoms with Crippen molar-refractivity contribution in [1.29, 1.82) is 0 Å². The van der Waals surface area contributed by atoms with E-state index in [4.69, 9.17) is 0 Å². The summed E-state index contributed by atoms with van der Waals surface area (Å²) in [6.45, 7) is 5.93. The Morgan fingerprint density at radius 3 is 2.58 bits per heavy atom. The molecule has 2 aromatic rings. The van der Waals surface area contributed by atoms with Crippen LogP contribution >= 0.6 is 12.4 Å². The van der Waals surface area contributed by atoms with Crippen LogP contribution < -0.4 is 10.6 Å². The van der Waals surface area contributed by atoms with Crippen LogP contribution in [0.5, 0.6) is 0 Å². The smallest absolute Gasteiger partial charge is 0.274 e. The largest absolute Gasteiger partial charge is 0.342 e. The first-order valence-electron chi connectivity index (χ1n) is 8.07. The first-order valence-corrected chi connectivity index (χ1v) is 8.07. The van der Waals surface area contributed by atoms with E-state index in [1.165, 1.54) is 0 Å². The number of rotatable bonds is 4. The van der Waals surface area contributed by atoms with Crippen molar-refractivity contribution in [1.82, 2.24) is 25.6 Å². The maximum atomic E-state index is 12.5. The maximum absolute atomic E-state index is 12.5. The first-order chi connectivity index (χ1) is 11.1. The van der Waals surface area contributed by atoms with E-state index in [0.717, 1.165) is 31.5 Å². The second kappa shape index (κ2) is 7.77. The van der Waals surface area contributed by atoms with Crippen molar-refractivity contribution in [3.05, 3.63) is 47.8 Å². The van der Waals surface area contributed by atoms with Gasteiger partial charge in [0.2, 0.25) is 0 Å². The number of nitrogens with one attached hydrogen (secondary N) is 2. The number of nitrogens with zero attached hydrogens (tertiary/aromatic N) is 3. The number of benzene rings is 1. The lowest BCUT2D eigenvalue weighted by Gasteiger charge is -2.26. The molecule has 0 atom stereocenters. The molecule has 1 saturated heterocycles. The Morgan fingerprint density at radius 2 is 1.92 bits per heavy atom. The molecule has 0 aliphatic carbocycles. The number of carbonyl (C=O) groups is 1. The van der Waals surface area contributed by atoms with E-state index in [1.807, 2.05) is 48.9 Å². The van der Waals surface area contributed by atoms with Crippen molar-refractivity contribution < 1.29 is 4.79 Å². The van der Waals surface area contributed by atoms with Crippen molar-refractivity contribution in [2.45, 2.75) is 38.3 Å². The van der Waals surface area contributed by atoms with Crippen molar-refractivity contribution in [3.63, 3.8) is 0 Å². The number of aromatic nitrogens is 3. The Balaban J connectivity index is 0.00000208. The van der Waals surface area contributed by atoms with Gasteiger partial charge >= 0.3 is 0 Å². The molecule has 1 fully saturated rings. The van der Waals surface area contributed by atoms with E-state index in [2.05, 4.69) is 20.9 Å². The molecule has 3 rings (SSSR count). The fraction of sp³-hybridized carbons (Fsp3) is 0.471. The zero-order valence-electron chi connectivity index (χ0n) is 14.0. The summed E-state index contributed by atoms with van der Waals surface area (Å²) < 4.78 is 1.82. The SMILES string of the molecule is CC(C)(NC(=O)c1cn(C2CCNCC2)nn1)c1ccccc1.Cl. The second-order valence-electron chi connectivity index (χ2n) is 6.51. The van der Waals surface area contributed by atoms with Gasteiger partial charge < -0.3 is 10.6 Å². The number of carbonyl (C=O) groups excluding carboxylic acids is 1. The molecular formula is C17H24ClN5O. The second-order valence-corrected chi connectivity index (χ2v) is 6.51. The fourth-order valence-electron chi connectivity index (χ4n) is 2.91. The zero-order chi connectivity index (χ0) is 16.3. The molecule has 1 aromatic heterocycles. The van der Waals surface area contributed by atoms with Crippen LogP contribution in [0.1, 0.15) is 48.8 Å². The molecule has 1 aliphatic rings. The van der Waals surface area contributed by atoms with E-state index in [-0.39, 0.29) is 18.3 Å². The quantitative estimate of drug-likeness (QED) is 0.888. The van der Waals surface area contributed by atoms with Crippen LogP contribution in [-0.4, -0.2) is 34.0 Å². The van der Waals surface area contributed by atoms with E-state index in [9.17, 15) is 4.79 Å². The predicted octanol–water partition coefficient (Wildman–Crippen LogP) is 2.29. The van der Waals surface area contributed by atoms with Crippen molar-refractivity contribution in [2.75, 3.05) is 13.1 Å². The summed E-state index contributed by atoms with van der Waals surface area (Å²) in [5, 5.41) is 14.6. The van der Waals surface area contributed by atoms with E-state index >= 15 is 0 Å². The standard InChI is InChI=1S/C17H23N5O.ClH/c1-17(2,13-6-4-3-5-7-13)19-16(23)15-12-22(21-20-15)14-8-10-18-11-9-14;/h3-7,12,14,18H,8-11H2,1-2H3,(H,19,23);1H. The highest BCUT2D eigenvalue weighted by Gasteiger charge is 2.25. The minimum absolute atomic E-state index is 0. The number of halogens is 1. The molecule has 2 N–H and O–H groups in total. The molecule has 1 aromatic carbocycles. The molecular weight excluding hydrogens is 326 g/mol. The fourth-order valence-corrected chi connectivity index (χ4v) is 2.91. The Morgan fingerprint density at radius 1 is 1.25 bits per heavy atom. The average Bonchev–Trinajstić information content (AvgIpc) is 3.06. The third-order valence-corrected chi connectivity index (χ3v) is 4.35. The molecule has 2 heterocycles. The Kier molecular flexibility index (Phi) is 5.96. The molecule has 1 aliphatic heterocycles. The van der Waals surface area contributed by atoms with Crippen LogP contribution in [0.2, 0.25) is 0 Å². The van der Waals surface area contributed by atoms with Gasteiger partial charge in [0.1, 0.15) is 0 Å². The highest BCUT2D eigenvalue weighted by molar-refractivity contribution is 5.92. The molecule has 130 valence electrons. The minimum atomic E-state index is -0.461. The molecule has 0 saturated carbocycles.